The minimum atomic E-state index is -4.13. The van der Waals surface area contributed by atoms with Crippen molar-refractivity contribution in [3.8, 4) is 0 Å². The van der Waals surface area contributed by atoms with Crippen LogP contribution >= 0.6 is 7.26 Å². The van der Waals surface area contributed by atoms with Gasteiger partial charge in [0, 0.05) is 39.3 Å². The molecule has 2 aromatic carbocycles. The van der Waals surface area contributed by atoms with Gasteiger partial charge in [-0.15, -0.1) is 0 Å². The molecule has 19 heavy (non-hydrogen) atoms. The SMILES string of the molecule is C[P+](C)(C)C.O=S(=O)(O)c1cccc2ccccc12. The van der Waals surface area contributed by atoms with Gasteiger partial charge in [-0.05, 0) is 11.5 Å². The fourth-order valence-electron chi connectivity index (χ4n) is 1.42. The zero-order valence-corrected chi connectivity index (χ0v) is 13.4. The molecule has 0 aliphatic rings. The van der Waals surface area contributed by atoms with E-state index >= 15 is 0 Å². The largest absolute Gasteiger partial charge is 0.295 e. The molecule has 0 bridgehead atoms. The van der Waals surface area contributed by atoms with Gasteiger partial charge in [0.1, 0.15) is 4.90 Å². The Morgan fingerprint density at radius 1 is 0.895 bits per heavy atom. The summed E-state index contributed by atoms with van der Waals surface area (Å²) < 4.78 is 31.0. The number of benzene rings is 2. The first-order valence-electron chi connectivity index (χ1n) is 5.83. The smallest absolute Gasteiger partial charge is 0.282 e. The van der Waals surface area contributed by atoms with Crippen molar-refractivity contribution in [2.75, 3.05) is 26.7 Å². The molecule has 0 spiro atoms. The predicted molar refractivity (Wildman–Crippen MR) is 84.4 cm³/mol. The average Bonchev–Trinajstić information content (AvgIpc) is 2.25. The fraction of sp³-hybridized carbons (Fsp3) is 0.286. The lowest BCUT2D eigenvalue weighted by molar-refractivity contribution is 0.484. The lowest BCUT2D eigenvalue weighted by Gasteiger charge is -2.02. The van der Waals surface area contributed by atoms with Gasteiger partial charge in [0.05, 0.1) is 0 Å². The number of hydrogen-bond donors (Lipinski definition) is 1. The summed E-state index contributed by atoms with van der Waals surface area (Å²) in [4.78, 5) is -0.0457. The van der Waals surface area contributed by atoms with E-state index < -0.39 is 10.1 Å². The summed E-state index contributed by atoms with van der Waals surface area (Å²) in [6.45, 7) is 9.19. The molecule has 0 aliphatic carbocycles. The second-order valence-electron chi connectivity index (χ2n) is 5.64. The summed E-state index contributed by atoms with van der Waals surface area (Å²) >= 11 is 0. The molecule has 0 aromatic heterocycles. The molecule has 2 aromatic rings. The van der Waals surface area contributed by atoms with Gasteiger partial charge in [0.2, 0.25) is 0 Å². The molecule has 0 aliphatic heterocycles. The van der Waals surface area contributed by atoms with Crippen LogP contribution < -0.4 is 0 Å². The van der Waals surface area contributed by atoms with Crippen LogP contribution in [0.25, 0.3) is 10.8 Å². The van der Waals surface area contributed by atoms with Crippen LogP contribution in [0, 0.1) is 0 Å². The van der Waals surface area contributed by atoms with Crippen LogP contribution in [-0.4, -0.2) is 39.6 Å². The Kier molecular flexibility index (Phi) is 5.08. The van der Waals surface area contributed by atoms with Gasteiger partial charge in [0.15, 0.2) is 0 Å². The molecule has 0 fully saturated rings. The Hall–Kier alpha value is -0.960. The van der Waals surface area contributed by atoms with E-state index in [1.807, 2.05) is 6.07 Å². The van der Waals surface area contributed by atoms with Gasteiger partial charge in [-0.1, -0.05) is 36.4 Å². The van der Waals surface area contributed by atoms with E-state index in [1.165, 1.54) is 6.07 Å². The van der Waals surface area contributed by atoms with Gasteiger partial charge in [-0.2, -0.15) is 8.42 Å². The molecule has 5 heteroatoms. The van der Waals surface area contributed by atoms with Crippen molar-refractivity contribution in [2.45, 2.75) is 4.90 Å². The van der Waals surface area contributed by atoms with Crippen LogP contribution in [0.15, 0.2) is 47.4 Å². The molecule has 0 radical (unpaired) electrons. The van der Waals surface area contributed by atoms with Crippen molar-refractivity contribution in [2.24, 2.45) is 0 Å². The molecule has 0 amide bonds. The molecule has 2 rings (SSSR count). The molecule has 104 valence electrons. The Bertz CT molecular complexity index is 646. The maximum atomic E-state index is 11.0. The van der Waals surface area contributed by atoms with Crippen molar-refractivity contribution in [1.82, 2.24) is 0 Å². The summed E-state index contributed by atoms with van der Waals surface area (Å²) in [5.41, 5.74) is 0. The van der Waals surface area contributed by atoms with Crippen molar-refractivity contribution in [3.05, 3.63) is 42.5 Å². The Balaban J connectivity index is 0.000000312. The van der Waals surface area contributed by atoms with E-state index in [1.54, 1.807) is 30.3 Å². The highest BCUT2D eigenvalue weighted by molar-refractivity contribution is 7.86. The first kappa shape index (κ1) is 16.1. The lowest BCUT2D eigenvalue weighted by atomic mass is 10.1. The second kappa shape index (κ2) is 6.00. The third-order valence-corrected chi connectivity index (χ3v) is 2.94. The lowest BCUT2D eigenvalue weighted by Crippen LogP contribution is -1.98. The van der Waals surface area contributed by atoms with E-state index in [4.69, 9.17) is 4.55 Å². The molecule has 0 unspecified atom stereocenters. The van der Waals surface area contributed by atoms with E-state index in [-0.39, 0.29) is 12.2 Å². The predicted octanol–water partition coefficient (Wildman–Crippen LogP) is 3.61. The molecule has 3 nitrogen and oxygen atoms in total. The van der Waals surface area contributed by atoms with Crippen molar-refractivity contribution in [3.63, 3.8) is 0 Å². The monoisotopic (exact) mass is 299 g/mol. The van der Waals surface area contributed by atoms with Crippen LogP contribution in [0.1, 0.15) is 0 Å². The van der Waals surface area contributed by atoms with Crippen LogP contribution in [0.3, 0.4) is 0 Å². The van der Waals surface area contributed by atoms with Gasteiger partial charge >= 0.3 is 0 Å². The third kappa shape index (κ3) is 5.68. The van der Waals surface area contributed by atoms with Crippen molar-refractivity contribution >= 4 is 28.2 Å². The Labute approximate surface area is 115 Å². The summed E-state index contributed by atoms with van der Waals surface area (Å²) in [7, 11) is -4.52. The molecule has 0 saturated carbocycles. The zero-order valence-electron chi connectivity index (χ0n) is 11.7. The van der Waals surface area contributed by atoms with Crippen molar-refractivity contribution in [1.29, 1.82) is 0 Å². The van der Waals surface area contributed by atoms with Crippen LogP contribution in [-0.2, 0) is 10.1 Å². The number of rotatable bonds is 1. The Morgan fingerprint density at radius 2 is 1.37 bits per heavy atom. The van der Waals surface area contributed by atoms with Gasteiger partial charge in [-0.3, -0.25) is 4.55 Å². The van der Waals surface area contributed by atoms with E-state index in [0.29, 0.717) is 5.39 Å². The standard InChI is InChI=1S/C10H8O3S.C4H12P/c11-14(12,13)10-7-3-5-8-4-1-2-6-9(8)10;1-5(2,3)4/h1-7H,(H,11,12,13);1-4H3/q;+1. The van der Waals surface area contributed by atoms with Gasteiger partial charge in [-0.25, -0.2) is 0 Å². The molecular formula is C14H20O3PS+. The zero-order chi connectivity index (χ0) is 14.7. The highest BCUT2D eigenvalue weighted by Crippen LogP contribution is 2.40. The van der Waals surface area contributed by atoms with E-state index in [0.717, 1.165) is 5.39 Å². The number of hydrogen-bond acceptors (Lipinski definition) is 2. The third-order valence-electron chi connectivity index (χ3n) is 2.03. The maximum absolute atomic E-state index is 11.0. The van der Waals surface area contributed by atoms with Crippen LogP contribution in [0.2, 0.25) is 0 Å². The summed E-state index contributed by atoms with van der Waals surface area (Å²) in [5, 5.41) is 1.33. The quantitative estimate of drug-likeness (QED) is 0.646. The minimum absolute atomic E-state index is 0.0457. The molecular weight excluding hydrogens is 279 g/mol. The molecule has 0 heterocycles. The van der Waals surface area contributed by atoms with Gasteiger partial charge in [0.25, 0.3) is 10.1 Å². The number of fused-ring (bicyclic) bond motifs is 1. The fourth-order valence-corrected chi connectivity index (χ4v) is 2.13. The molecule has 1 N–H and O–H groups in total. The topological polar surface area (TPSA) is 54.4 Å². The average molecular weight is 299 g/mol. The molecule has 0 atom stereocenters. The summed E-state index contributed by atoms with van der Waals surface area (Å²) in [6.07, 6.45) is 0. The van der Waals surface area contributed by atoms with Crippen LogP contribution in [0.5, 0.6) is 0 Å². The summed E-state index contributed by atoms with van der Waals surface area (Å²) in [6, 6.07) is 11.8. The maximum Gasteiger partial charge on any atom is 0.295 e. The second-order valence-corrected chi connectivity index (χ2v) is 12.4. The van der Waals surface area contributed by atoms with E-state index in [9.17, 15) is 8.42 Å². The van der Waals surface area contributed by atoms with Crippen molar-refractivity contribution < 1.29 is 13.0 Å². The van der Waals surface area contributed by atoms with E-state index in [2.05, 4.69) is 26.7 Å². The van der Waals surface area contributed by atoms with Gasteiger partial charge < -0.3 is 0 Å². The molecule has 0 saturated heterocycles. The summed E-state index contributed by atoms with van der Waals surface area (Å²) in [5.74, 6) is 0. The normalized spacial score (nSPS) is 11.8. The highest BCUT2D eigenvalue weighted by atomic mass is 32.2. The first-order chi connectivity index (χ1) is 8.59. The highest BCUT2D eigenvalue weighted by Gasteiger charge is 2.12. The Morgan fingerprint density at radius 3 is 1.89 bits per heavy atom. The van der Waals surface area contributed by atoms with Crippen LogP contribution in [0.4, 0.5) is 0 Å². The minimum Gasteiger partial charge on any atom is -0.282 e. The first-order valence-corrected chi connectivity index (χ1v) is 10.8.